The number of benzene rings is 1. The molecule has 0 atom stereocenters. The summed E-state index contributed by atoms with van der Waals surface area (Å²) >= 11 is 0. The molecule has 1 saturated carbocycles. The Labute approximate surface area is 182 Å². The van der Waals surface area contributed by atoms with Crippen molar-refractivity contribution in [3.63, 3.8) is 0 Å². The summed E-state index contributed by atoms with van der Waals surface area (Å²) < 4.78 is 0. The van der Waals surface area contributed by atoms with Crippen molar-refractivity contribution in [1.82, 2.24) is 24.8 Å². The molecule has 0 bridgehead atoms. The Hall–Kier alpha value is -2.99. The van der Waals surface area contributed by atoms with E-state index in [0.29, 0.717) is 12.0 Å². The second kappa shape index (κ2) is 7.61. The number of anilines is 1. The van der Waals surface area contributed by atoms with Gasteiger partial charge in [0.2, 0.25) is 0 Å². The molecule has 0 amide bonds. The van der Waals surface area contributed by atoms with Crippen LogP contribution in [0.25, 0.3) is 33.1 Å². The third kappa shape index (κ3) is 3.45. The first-order chi connectivity index (χ1) is 15.2. The molecule has 1 aliphatic heterocycles. The van der Waals surface area contributed by atoms with Crippen LogP contribution in [0, 0.1) is 0 Å². The van der Waals surface area contributed by atoms with Gasteiger partial charge in [0.05, 0.1) is 5.52 Å². The molecule has 0 unspecified atom stereocenters. The van der Waals surface area contributed by atoms with E-state index in [2.05, 4.69) is 68.7 Å². The molecule has 2 N–H and O–H groups in total. The maximum atomic E-state index is 4.91. The molecule has 158 valence electrons. The SMILES string of the molecule is CN1CCC(Nc2ncnc3ccc(-c4c[nH]c5nc(C6CCC6)ccc45)cc23)CC1. The van der Waals surface area contributed by atoms with Gasteiger partial charge in [-0.25, -0.2) is 15.0 Å². The minimum atomic E-state index is 0.458. The lowest BCUT2D eigenvalue weighted by molar-refractivity contribution is 0.264. The summed E-state index contributed by atoms with van der Waals surface area (Å²) in [6, 6.07) is 11.4. The third-order valence-electron chi connectivity index (χ3n) is 7.09. The maximum Gasteiger partial charge on any atom is 0.138 e. The highest BCUT2D eigenvalue weighted by Gasteiger charge is 2.22. The molecular formula is C25H28N6. The Morgan fingerprint density at radius 1 is 1.00 bits per heavy atom. The lowest BCUT2D eigenvalue weighted by Gasteiger charge is -2.30. The minimum Gasteiger partial charge on any atom is -0.367 e. The van der Waals surface area contributed by atoms with Crippen molar-refractivity contribution in [3.05, 3.63) is 48.5 Å². The van der Waals surface area contributed by atoms with Crippen molar-refractivity contribution >= 4 is 27.8 Å². The van der Waals surface area contributed by atoms with E-state index in [1.54, 1.807) is 6.33 Å². The van der Waals surface area contributed by atoms with Crippen LogP contribution in [0.15, 0.2) is 42.9 Å². The summed E-state index contributed by atoms with van der Waals surface area (Å²) in [6.45, 7) is 2.24. The fraction of sp³-hybridized carbons (Fsp3) is 0.400. The Morgan fingerprint density at radius 3 is 2.68 bits per heavy atom. The Bertz CT molecular complexity index is 1230. The van der Waals surface area contributed by atoms with Crippen LogP contribution in [-0.4, -0.2) is 51.0 Å². The third-order valence-corrected chi connectivity index (χ3v) is 7.09. The van der Waals surface area contributed by atoms with Gasteiger partial charge in [-0.05, 0) is 75.6 Å². The molecule has 1 saturated heterocycles. The van der Waals surface area contributed by atoms with Crippen LogP contribution in [0.4, 0.5) is 5.82 Å². The van der Waals surface area contributed by atoms with Crippen LogP contribution in [0.2, 0.25) is 0 Å². The number of likely N-dealkylation sites (tertiary alicyclic amines) is 1. The van der Waals surface area contributed by atoms with Crippen molar-refractivity contribution in [3.8, 4) is 11.1 Å². The van der Waals surface area contributed by atoms with E-state index < -0.39 is 0 Å². The zero-order chi connectivity index (χ0) is 20.8. The summed E-state index contributed by atoms with van der Waals surface area (Å²) in [5.74, 6) is 1.58. The number of rotatable bonds is 4. The average molecular weight is 413 g/mol. The molecule has 1 aromatic carbocycles. The molecule has 0 radical (unpaired) electrons. The number of aromatic nitrogens is 4. The number of aromatic amines is 1. The summed E-state index contributed by atoms with van der Waals surface area (Å²) in [6.07, 6.45) is 9.88. The standard InChI is InChI=1S/C25H28N6/c1-31-11-9-18(10-12-31)29-25-20-13-17(5-7-23(20)27-15-28-25)21-14-26-24-19(21)6-8-22(30-24)16-3-2-4-16/h5-8,13-16,18H,2-4,9-12H2,1H3,(H,26,30)(H,27,28,29). The van der Waals surface area contributed by atoms with Gasteiger partial charge in [-0.1, -0.05) is 12.5 Å². The number of nitrogens with one attached hydrogen (secondary N) is 2. The highest BCUT2D eigenvalue weighted by Crippen LogP contribution is 2.37. The molecule has 2 fully saturated rings. The highest BCUT2D eigenvalue weighted by atomic mass is 15.1. The molecule has 1 aliphatic carbocycles. The van der Waals surface area contributed by atoms with Gasteiger partial charge in [0.25, 0.3) is 0 Å². The van der Waals surface area contributed by atoms with E-state index in [9.17, 15) is 0 Å². The van der Waals surface area contributed by atoms with E-state index in [-0.39, 0.29) is 0 Å². The molecule has 6 rings (SSSR count). The lowest BCUT2D eigenvalue weighted by Crippen LogP contribution is -2.36. The van der Waals surface area contributed by atoms with Gasteiger partial charge >= 0.3 is 0 Å². The quantitative estimate of drug-likeness (QED) is 0.496. The van der Waals surface area contributed by atoms with Crippen LogP contribution >= 0.6 is 0 Å². The van der Waals surface area contributed by atoms with Crippen LogP contribution in [0.3, 0.4) is 0 Å². The Balaban J connectivity index is 1.35. The molecule has 6 heteroatoms. The number of hydrogen-bond donors (Lipinski definition) is 2. The summed E-state index contributed by atoms with van der Waals surface area (Å²) in [4.78, 5) is 19.8. The number of piperidine rings is 1. The molecule has 31 heavy (non-hydrogen) atoms. The lowest BCUT2D eigenvalue weighted by atomic mass is 9.82. The van der Waals surface area contributed by atoms with Crippen LogP contribution < -0.4 is 5.32 Å². The first-order valence-electron chi connectivity index (χ1n) is 11.4. The van der Waals surface area contributed by atoms with Gasteiger partial charge in [-0.15, -0.1) is 0 Å². The summed E-state index contributed by atoms with van der Waals surface area (Å²) in [7, 11) is 2.19. The van der Waals surface area contributed by atoms with Crippen molar-refractivity contribution in [2.24, 2.45) is 0 Å². The van der Waals surface area contributed by atoms with Gasteiger partial charge in [0.15, 0.2) is 0 Å². The van der Waals surface area contributed by atoms with Crippen molar-refractivity contribution < 1.29 is 0 Å². The Kier molecular flexibility index (Phi) is 4.60. The molecular weight excluding hydrogens is 384 g/mol. The largest absolute Gasteiger partial charge is 0.367 e. The fourth-order valence-electron chi connectivity index (χ4n) is 4.88. The average Bonchev–Trinajstić information content (AvgIpc) is 3.17. The van der Waals surface area contributed by atoms with Crippen molar-refractivity contribution in [2.45, 2.75) is 44.1 Å². The number of H-pyrrole nitrogens is 1. The molecule has 6 nitrogen and oxygen atoms in total. The van der Waals surface area contributed by atoms with Crippen LogP contribution in [0.1, 0.15) is 43.7 Å². The van der Waals surface area contributed by atoms with E-state index >= 15 is 0 Å². The van der Waals surface area contributed by atoms with Gasteiger partial charge in [0, 0.05) is 40.2 Å². The fourth-order valence-corrected chi connectivity index (χ4v) is 4.88. The zero-order valence-corrected chi connectivity index (χ0v) is 17.9. The van der Waals surface area contributed by atoms with E-state index in [1.807, 2.05) is 0 Å². The monoisotopic (exact) mass is 412 g/mol. The van der Waals surface area contributed by atoms with Crippen LogP contribution in [-0.2, 0) is 0 Å². The van der Waals surface area contributed by atoms with E-state index in [4.69, 9.17) is 4.98 Å². The smallest absolute Gasteiger partial charge is 0.138 e. The van der Waals surface area contributed by atoms with Gasteiger partial charge in [0.1, 0.15) is 17.8 Å². The van der Waals surface area contributed by atoms with E-state index in [1.165, 1.54) is 35.9 Å². The predicted molar refractivity (Wildman–Crippen MR) is 125 cm³/mol. The zero-order valence-electron chi connectivity index (χ0n) is 17.9. The topological polar surface area (TPSA) is 69.7 Å². The highest BCUT2D eigenvalue weighted by molar-refractivity contribution is 5.98. The molecule has 0 spiro atoms. The summed E-state index contributed by atoms with van der Waals surface area (Å²) in [5.41, 5.74) is 5.52. The number of fused-ring (bicyclic) bond motifs is 2. The number of nitrogens with zero attached hydrogens (tertiary/aromatic N) is 4. The van der Waals surface area contributed by atoms with E-state index in [0.717, 1.165) is 53.9 Å². The van der Waals surface area contributed by atoms with Crippen molar-refractivity contribution in [1.29, 1.82) is 0 Å². The maximum absolute atomic E-state index is 4.91. The molecule has 4 heterocycles. The van der Waals surface area contributed by atoms with Crippen molar-refractivity contribution in [2.75, 3.05) is 25.5 Å². The first kappa shape index (κ1) is 18.8. The molecule has 3 aromatic heterocycles. The Morgan fingerprint density at radius 2 is 1.87 bits per heavy atom. The predicted octanol–water partition coefficient (Wildman–Crippen LogP) is 4.95. The second-order valence-corrected chi connectivity index (χ2v) is 9.14. The number of hydrogen-bond acceptors (Lipinski definition) is 5. The number of pyridine rings is 1. The molecule has 2 aliphatic rings. The molecule has 4 aromatic rings. The van der Waals surface area contributed by atoms with Gasteiger partial charge < -0.3 is 15.2 Å². The minimum absolute atomic E-state index is 0.458. The van der Waals surface area contributed by atoms with Crippen LogP contribution in [0.5, 0.6) is 0 Å². The summed E-state index contributed by atoms with van der Waals surface area (Å²) in [5, 5.41) is 5.94. The first-order valence-corrected chi connectivity index (χ1v) is 11.4. The second-order valence-electron chi connectivity index (χ2n) is 9.14. The van der Waals surface area contributed by atoms with Gasteiger partial charge in [-0.3, -0.25) is 0 Å². The van der Waals surface area contributed by atoms with Gasteiger partial charge in [-0.2, -0.15) is 0 Å². The normalized spacial score (nSPS) is 18.5.